The van der Waals surface area contributed by atoms with Crippen LogP contribution in [0, 0.1) is 0 Å². The first-order valence-corrected chi connectivity index (χ1v) is 3.73. The molecule has 0 spiro atoms. The van der Waals surface area contributed by atoms with Gasteiger partial charge in [0, 0.05) is 0 Å². The molecule has 0 aromatic rings. The van der Waals surface area contributed by atoms with Crippen LogP contribution in [-0.2, 0) is 14.3 Å². The molecule has 12 heavy (non-hydrogen) atoms. The van der Waals surface area contributed by atoms with E-state index >= 15 is 0 Å². The lowest BCUT2D eigenvalue weighted by Gasteiger charge is -2.25. The smallest absolute Gasteiger partial charge is 0.367 e. The third-order valence-electron chi connectivity index (χ3n) is 1.50. The van der Waals surface area contributed by atoms with Crippen LogP contribution < -0.4 is 0 Å². The fourth-order valence-electron chi connectivity index (χ4n) is 0.689. The fraction of sp³-hybridized carbons (Fsp3) is 0.625. The van der Waals surface area contributed by atoms with E-state index in [1.54, 1.807) is 0 Å². The molecule has 68 valence electrons. The first kappa shape index (κ1) is 9.19. The van der Waals surface area contributed by atoms with Crippen molar-refractivity contribution in [2.75, 3.05) is 13.2 Å². The molecular weight excluding hydrogens is 163 g/mol. The molecule has 1 aliphatic heterocycles. The topological polar surface area (TPSA) is 35.5 Å². The average Bonchev–Trinajstić information content (AvgIpc) is 1.94. The zero-order valence-electron chi connectivity index (χ0n) is 7.09. The Balaban J connectivity index is 2.42. The molecule has 3 nitrogen and oxygen atoms in total. The molecule has 0 amide bonds. The maximum Gasteiger partial charge on any atom is 0.367 e. The van der Waals surface area contributed by atoms with Crippen LogP contribution in [0.5, 0.6) is 0 Å². The Morgan fingerprint density at radius 3 is 2.42 bits per heavy atom. The van der Waals surface area contributed by atoms with Crippen LogP contribution in [0.2, 0.25) is 0 Å². The number of halogens is 1. The van der Waals surface area contributed by atoms with Gasteiger partial charge in [-0.3, -0.25) is 0 Å². The lowest BCUT2D eigenvalue weighted by molar-refractivity contribution is -0.169. The van der Waals surface area contributed by atoms with Gasteiger partial charge in [0.05, 0.1) is 13.2 Å². The van der Waals surface area contributed by atoms with E-state index in [1.165, 1.54) is 13.8 Å². The van der Waals surface area contributed by atoms with Gasteiger partial charge >= 0.3 is 5.97 Å². The zero-order valence-corrected chi connectivity index (χ0v) is 7.09. The molecule has 0 N–H and O–H groups in total. The Morgan fingerprint density at radius 1 is 1.50 bits per heavy atom. The standard InChI is InChI=1S/C8H11FO3/c1-5(2)7(9)8(10)12-6-3-11-4-6/h6H,3-4H2,1-2H3. The van der Waals surface area contributed by atoms with Crippen molar-refractivity contribution in [3.8, 4) is 0 Å². The second-order valence-electron chi connectivity index (χ2n) is 2.88. The summed E-state index contributed by atoms with van der Waals surface area (Å²) in [5, 5.41) is 0. The molecule has 0 radical (unpaired) electrons. The van der Waals surface area contributed by atoms with Crippen molar-refractivity contribution in [2.45, 2.75) is 20.0 Å². The maximum absolute atomic E-state index is 12.8. The van der Waals surface area contributed by atoms with Crippen molar-refractivity contribution in [3.05, 3.63) is 11.4 Å². The predicted molar refractivity (Wildman–Crippen MR) is 40.2 cm³/mol. The highest BCUT2D eigenvalue weighted by molar-refractivity contribution is 5.86. The summed E-state index contributed by atoms with van der Waals surface area (Å²) in [5.74, 6) is -1.69. The second-order valence-corrected chi connectivity index (χ2v) is 2.88. The summed E-state index contributed by atoms with van der Waals surface area (Å²) in [4.78, 5) is 10.9. The van der Waals surface area contributed by atoms with Crippen LogP contribution in [0.3, 0.4) is 0 Å². The third-order valence-corrected chi connectivity index (χ3v) is 1.50. The number of hydrogen-bond acceptors (Lipinski definition) is 3. The van der Waals surface area contributed by atoms with Gasteiger partial charge < -0.3 is 9.47 Å². The monoisotopic (exact) mass is 174 g/mol. The highest BCUT2D eigenvalue weighted by Crippen LogP contribution is 2.12. The minimum Gasteiger partial charge on any atom is -0.452 e. The zero-order chi connectivity index (χ0) is 9.14. The van der Waals surface area contributed by atoms with E-state index in [9.17, 15) is 9.18 Å². The minimum absolute atomic E-state index is 0.261. The molecule has 1 heterocycles. The van der Waals surface area contributed by atoms with Crippen molar-refractivity contribution in [2.24, 2.45) is 0 Å². The summed E-state index contributed by atoms with van der Waals surface area (Å²) < 4.78 is 22.3. The van der Waals surface area contributed by atoms with Gasteiger partial charge in [-0.1, -0.05) is 0 Å². The molecule has 1 rings (SSSR count). The van der Waals surface area contributed by atoms with E-state index < -0.39 is 11.8 Å². The third kappa shape index (κ3) is 2.04. The molecular formula is C8H11FO3. The molecule has 0 unspecified atom stereocenters. The Labute approximate surface area is 70.2 Å². The van der Waals surface area contributed by atoms with Gasteiger partial charge in [-0.05, 0) is 19.4 Å². The maximum atomic E-state index is 12.8. The minimum atomic E-state index is -0.886. The number of ether oxygens (including phenoxy) is 2. The fourth-order valence-corrected chi connectivity index (χ4v) is 0.689. The highest BCUT2D eigenvalue weighted by atomic mass is 19.1. The Hall–Kier alpha value is -0.900. The Morgan fingerprint density at radius 2 is 2.08 bits per heavy atom. The van der Waals surface area contributed by atoms with Gasteiger partial charge in [0.2, 0.25) is 5.83 Å². The number of hydrogen-bond donors (Lipinski definition) is 0. The van der Waals surface area contributed by atoms with Gasteiger partial charge in [0.15, 0.2) is 0 Å². The van der Waals surface area contributed by atoms with E-state index in [0.29, 0.717) is 18.8 Å². The van der Waals surface area contributed by atoms with E-state index in [-0.39, 0.29) is 6.10 Å². The normalized spacial score (nSPS) is 16.6. The molecule has 0 aromatic heterocycles. The van der Waals surface area contributed by atoms with E-state index in [1.807, 2.05) is 0 Å². The lowest BCUT2D eigenvalue weighted by atomic mass is 10.3. The van der Waals surface area contributed by atoms with Gasteiger partial charge in [0.25, 0.3) is 0 Å². The van der Waals surface area contributed by atoms with Crippen LogP contribution >= 0.6 is 0 Å². The van der Waals surface area contributed by atoms with Crippen LogP contribution in [0.4, 0.5) is 4.39 Å². The number of esters is 1. The van der Waals surface area contributed by atoms with E-state index in [0.717, 1.165) is 0 Å². The van der Waals surface area contributed by atoms with Crippen LogP contribution in [0.15, 0.2) is 11.4 Å². The number of allylic oxidation sites excluding steroid dienone is 1. The summed E-state index contributed by atoms with van der Waals surface area (Å²) >= 11 is 0. The number of carbonyl (C=O) groups is 1. The average molecular weight is 174 g/mol. The number of rotatable bonds is 2. The highest BCUT2D eigenvalue weighted by Gasteiger charge is 2.24. The first-order valence-electron chi connectivity index (χ1n) is 3.73. The van der Waals surface area contributed by atoms with E-state index in [2.05, 4.69) is 0 Å². The SMILES string of the molecule is CC(C)=C(F)C(=O)OC1COC1. The molecule has 1 saturated heterocycles. The van der Waals surface area contributed by atoms with Crippen molar-refractivity contribution in [3.63, 3.8) is 0 Å². The Bertz CT molecular complexity index is 214. The molecule has 0 bridgehead atoms. The first-order chi connectivity index (χ1) is 5.61. The summed E-state index contributed by atoms with van der Waals surface area (Å²) in [6, 6.07) is 0. The van der Waals surface area contributed by atoms with Gasteiger partial charge in [-0.25, -0.2) is 4.79 Å². The van der Waals surface area contributed by atoms with Gasteiger partial charge in [0.1, 0.15) is 6.10 Å². The second kappa shape index (κ2) is 3.67. The molecule has 0 saturated carbocycles. The van der Waals surface area contributed by atoms with E-state index in [4.69, 9.17) is 9.47 Å². The largest absolute Gasteiger partial charge is 0.452 e. The predicted octanol–water partition coefficient (Wildman–Crippen LogP) is 1.19. The molecule has 1 aliphatic rings. The van der Waals surface area contributed by atoms with Crippen LogP contribution in [0.1, 0.15) is 13.8 Å². The molecule has 0 aliphatic carbocycles. The van der Waals surface area contributed by atoms with Crippen molar-refractivity contribution in [1.82, 2.24) is 0 Å². The van der Waals surface area contributed by atoms with Crippen molar-refractivity contribution >= 4 is 5.97 Å². The molecule has 4 heteroatoms. The van der Waals surface area contributed by atoms with Gasteiger partial charge in [-0.15, -0.1) is 0 Å². The molecule has 0 atom stereocenters. The van der Waals surface area contributed by atoms with Crippen molar-refractivity contribution in [1.29, 1.82) is 0 Å². The summed E-state index contributed by atoms with van der Waals surface area (Å²) in [6.45, 7) is 3.80. The van der Waals surface area contributed by atoms with Crippen LogP contribution in [0.25, 0.3) is 0 Å². The molecule has 1 fully saturated rings. The molecule has 0 aromatic carbocycles. The summed E-state index contributed by atoms with van der Waals surface area (Å²) in [6.07, 6.45) is -0.261. The lowest BCUT2D eigenvalue weighted by Crippen LogP contribution is -2.37. The summed E-state index contributed by atoms with van der Waals surface area (Å²) in [5.41, 5.74) is 0.334. The quantitative estimate of drug-likeness (QED) is 0.466. The Kier molecular flexibility index (Phi) is 2.81. The van der Waals surface area contributed by atoms with Gasteiger partial charge in [-0.2, -0.15) is 4.39 Å². The van der Waals surface area contributed by atoms with Crippen LogP contribution in [-0.4, -0.2) is 25.3 Å². The van der Waals surface area contributed by atoms with Crippen molar-refractivity contribution < 1.29 is 18.7 Å². The summed E-state index contributed by atoms with van der Waals surface area (Å²) in [7, 11) is 0. The number of carbonyl (C=O) groups excluding carboxylic acids is 1.